The molecule has 1 aromatic rings. The zero-order chi connectivity index (χ0) is 13.7. The summed E-state index contributed by atoms with van der Waals surface area (Å²) in [5, 5.41) is 3.69. The van der Waals surface area contributed by atoms with E-state index in [0.717, 1.165) is 12.5 Å². The van der Waals surface area contributed by atoms with Crippen molar-refractivity contribution in [3.05, 3.63) is 21.9 Å². The summed E-state index contributed by atoms with van der Waals surface area (Å²) in [4.78, 5) is 5.50. The predicted molar refractivity (Wildman–Crippen MR) is 84.9 cm³/mol. The van der Waals surface area contributed by atoms with Crippen LogP contribution in [0, 0.1) is 12.8 Å². The zero-order valence-electron chi connectivity index (χ0n) is 12.6. The van der Waals surface area contributed by atoms with E-state index >= 15 is 0 Å². The lowest BCUT2D eigenvalue weighted by Gasteiger charge is -2.29. The molecular formula is C16H28N2S. The van der Waals surface area contributed by atoms with Crippen molar-refractivity contribution in [1.82, 2.24) is 10.2 Å². The molecule has 1 N–H and O–H groups in total. The minimum absolute atomic E-state index is 0.488. The first-order chi connectivity index (χ1) is 9.15. The summed E-state index contributed by atoms with van der Waals surface area (Å²) in [5.41, 5.74) is 0. The molecule has 0 amide bonds. The molecule has 3 heteroatoms. The van der Waals surface area contributed by atoms with Crippen LogP contribution in [0.25, 0.3) is 0 Å². The summed E-state index contributed by atoms with van der Waals surface area (Å²) >= 11 is 1.91. The molecule has 108 valence electrons. The van der Waals surface area contributed by atoms with E-state index in [9.17, 15) is 0 Å². The number of piperidine rings is 1. The zero-order valence-corrected chi connectivity index (χ0v) is 13.4. The summed E-state index contributed by atoms with van der Waals surface area (Å²) in [6, 6.07) is 4.96. The molecule has 2 rings (SSSR count). The van der Waals surface area contributed by atoms with Crippen LogP contribution in [-0.2, 0) is 0 Å². The number of rotatable bonds is 6. The molecule has 19 heavy (non-hydrogen) atoms. The molecule has 1 aliphatic heterocycles. The van der Waals surface area contributed by atoms with Crippen LogP contribution >= 0.6 is 11.3 Å². The van der Waals surface area contributed by atoms with Gasteiger partial charge in [-0.25, -0.2) is 0 Å². The van der Waals surface area contributed by atoms with Crippen LogP contribution in [-0.4, -0.2) is 31.1 Å². The van der Waals surface area contributed by atoms with Crippen LogP contribution in [0.5, 0.6) is 0 Å². The summed E-state index contributed by atoms with van der Waals surface area (Å²) in [5.74, 6) is 0.738. The fourth-order valence-corrected chi connectivity index (χ4v) is 3.72. The van der Waals surface area contributed by atoms with Gasteiger partial charge in [0, 0.05) is 22.3 Å². The topological polar surface area (TPSA) is 15.3 Å². The minimum Gasteiger partial charge on any atom is -0.309 e. The van der Waals surface area contributed by atoms with Crippen LogP contribution in [0.3, 0.4) is 0 Å². The standard InChI is InChI=1S/C16H28N2S/c1-13(12-18-9-5-4-6-10-18)11-17-15(3)16-8-7-14(2)19-16/h7-8,13,15,17H,4-6,9-12H2,1-3H3. The summed E-state index contributed by atoms with van der Waals surface area (Å²) in [6.07, 6.45) is 4.22. The highest BCUT2D eigenvalue weighted by Gasteiger charge is 2.14. The highest BCUT2D eigenvalue weighted by atomic mass is 32.1. The van der Waals surface area contributed by atoms with Crippen molar-refractivity contribution in [1.29, 1.82) is 0 Å². The average Bonchev–Trinajstić information content (AvgIpc) is 2.84. The molecule has 1 aromatic heterocycles. The molecule has 2 unspecified atom stereocenters. The van der Waals surface area contributed by atoms with Crippen LogP contribution in [0.4, 0.5) is 0 Å². The molecule has 1 aliphatic rings. The van der Waals surface area contributed by atoms with Crippen LogP contribution in [0.15, 0.2) is 12.1 Å². The Labute approximate surface area is 122 Å². The molecule has 0 bridgehead atoms. The molecule has 1 fully saturated rings. The van der Waals surface area contributed by atoms with Gasteiger partial charge in [-0.05, 0) is 64.4 Å². The van der Waals surface area contributed by atoms with Crippen molar-refractivity contribution in [3.63, 3.8) is 0 Å². The van der Waals surface area contributed by atoms with Crippen molar-refractivity contribution in [2.45, 2.75) is 46.1 Å². The fraction of sp³-hybridized carbons (Fsp3) is 0.750. The Kier molecular flexibility index (Phi) is 5.86. The highest BCUT2D eigenvalue weighted by molar-refractivity contribution is 7.12. The Hall–Kier alpha value is -0.380. The first-order valence-electron chi connectivity index (χ1n) is 7.67. The predicted octanol–water partition coefficient (Wildman–Crippen LogP) is 3.83. The maximum atomic E-state index is 3.69. The molecule has 0 spiro atoms. The second-order valence-corrected chi connectivity index (χ2v) is 7.36. The van der Waals surface area contributed by atoms with E-state index < -0.39 is 0 Å². The summed E-state index contributed by atoms with van der Waals surface area (Å²) < 4.78 is 0. The second-order valence-electron chi connectivity index (χ2n) is 6.04. The third kappa shape index (κ3) is 4.90. The Morgan fingerprint density at radius 2 is 1.95 bits per heavy atom. The molecule has 0 saturated carbocycles. The van der Waals surface area contributed by atoms with E-state index in [1.165, 1.54) is 48.7 Å². The molecule has 0 aliphatic carbocycles. The van der Waals surface area contributed by atoms with Gasteiger partial charge in [-0.3, -0.25) is 0 Å². The first kappa shape index (κ1) is 15.0. The van der Waals surface area contributed by atoms with Gasteiger partial charge in [-0.1, -0.05) is 13.3 Å². The molecular weight excluding hydrogens is 252 g/mol. The van der Waals surface area contributed by atoms with Gasteiger partial charge in [0.25, 0.3) is 0 Å². The Morgan fingerprint density at radius 3 is 2.58 bits per heavy atom. The lowest BCUT2D eigenvalue weighted by Crippen LogP contribution is -2.37. The number of thiophene rings is 1. The quantitative estimate of drug-likeness (QED) is 0.852. The number of nitrogens with zero attached hydrogens (tertiary/aromatic N) is 1. The third-order valence-electron chi connectivity index (χ3n) is 3.98. The van der Waals surface area contributed by atoms with Gasteiger partial charge in [0.15, 0.2) is 0 Å². The van der Waals surface area contributed by atoms with Gasteiger partial charge >= 0.3 is 0 Å². The highest BCUT2D eigenvalue weighted by Crippen LogP contribution is 2.22. The smallest absolute Gasteiger partial charge is 0.0386 e. The van der Waals surface area contributed by atoms with E-state index in [0.29, 0.717) is 6.04 Å². The molecule has 1 saturated heterocycles. The summed E-state index contributed by atoms with van der Waals surface area (Å²) in [7, 11) is 0. The van der Waals surface area contributed by atoms with Gasteiger partial charge in [-0.2, -0.15) is 0 Å². The van der Waals surface area contributed by atoms with Crippen molar-refractivity contribution in [2.24, 2.45) is 5.92 Å². The van der Waals surface area contributed by atoms with Gasteiger partial charge in [0.05, 0.1) is 0 Å². The minimum atomic E-state index is 0.488. The molecule has 2 nitrogen and oxygen atoms in total. The maximum absolute atomic E-state index is 3.69. The van der Waals surface area contributed by atoms with E-state index in [1.807, 2.05) is 11.3 Å². The molecule has 2 heterocycles. The van der Waals surface area contributed by atoms with E-state index in [4.69, 9.17) is 0 Å². The Morgan fingerprint density at radius 1 is 1.21 bits per heavy atom. The van der Waals surface area contributed by atoms with Crippen molar-refractivity contribution in [3.8, 4) is 0 Å². The van der Waals surface area contributed by atoms with E-state index in [1.54, 1.807) is 0 Å². The largest absolute Gasteiger partial charge is 0.309 e. The van der Waals surface area contributed by atoms with Crippen molar-refractivity contribution < 1.29 is 0 Å². The van der Waals surface area contributed by atoms with Gasteiger partial charge in [0.2, 0.25) is 0 Å². The van der Waals surface area contributed by atoms with Gasteiger partial charge < -0.3 is 10.2 Å². The van der Waals surface area contributed by atoms with Crippen molar-refractivity contribution >= 4 is 11.3 Å². The van der Waals surface area contributed by atoms with Crippen LogP contribution < -0.4 is 5.32 Å². The molecule has 0 aromatic carbocycles. The summed E-state index contributed by atoms with van der Waals surface area (Å²) in [6.45, 7) is 11.8. The Balaban J connectivity index is 1.69. The second kappa shape index (κ2) is 7.41. The van der Waals surface area contributed by atoms with Crippen LogP contribution in [0.1, 0.15) is 48.9 Å². The van der Waals surface area contributed by atoms with E-state index in [-0.39, 0.29) is 0 Å². The maximum Gasteiger partial charge on any atom is 0.0386 e. The van der Waals surface area contributed by atoms with Gasteiger partial charge in [-0.15, -0.1) is 11.3 Å². The fourth-order valence-electron chi connectivity index (χ4n) is 2.81. The van der Waals surface area contributed by atoms with Crippen molar-refractivity contribution in [2.75, 3.05) is 26.2 Å². The number of hydrogen-bond donors (Lipinski definition) is 1. The monoisotopic (exact) mass is 280 g/mol. The van der Waals surface area contributed by atoms with Crippen LogP contribution in [0.2, 0.25) is 0 Å². The number of hydrogen-bond acceptors (Lipinski definition) is 3. The average molecular weight is 280 g/mol. The number of nitrogens with one attached hydrogen (secondary N) is 1. The number of likely N-dealkylation sites (tertiary alicyclic amines) is 1. The lowest BCUT2D eigenvalue weighted by atomic mass is 10.1. The first-order valence-corrected chi connectivity index (χ1v) is 8.49. The SMILES string of the molecule is Cc1ccc(C(C)NCC(C)CN2CCCCC2)s1. The third-order valence-corrected chi connectivity index (χ3v) is 5.16. The number of aryl methyl sites for hydroxylation is 1. The molecule has 2 atom stereocenters. The molecule has 0 radical (unpaired) electrons. The Bertz CT molecular complexity index is 369. The lowest BCUT2D eigenvalue weighted by molar-refractivity contribution is 0.198. The normalized spacial score (nSPS) is 20.4. The van der Waals surface area contributed by atoms with Gasteiger partial charge in [0.1, 0.15) is 0 Å². The van der Waals surface area contributed by atoms with E-state index in [2.05, 4.69) is 43.1 Å².